The van der Waals surface area contributed by atoms with Crippen LogP contribution < -0.4 is 5.73 Å². The first-order valence-electron chi connectivity index (χ1n) is 7.57. The minimum atomic E-state index is -3.34. The van der Waals surface area contributed by atoms with Gasteiger partial charge in [0, 0.05) is 26.7 Å². The summed E-state index contributed by atoms with van der Waals surface area (Å²) >= 11 is 0. The zero-order chi connectivity index (χ0) is 15.6. The number of hydrogen-bond acceptors (Lipinski definition) is 4. The third-order valence-electron chi connectivity index (χ3n) is 3.53. The van der Waals surface area contributed by atoms with E-state index in [2.05, 4.69) is 18.7 Å². The minimum absolute atomic E-state index is 0.478. The highest BCUT2D eigenvalue weighted by Gasteiger charge is 2.24. The molecule has 20 heavy (non-hydrogen) atoms. The van der Waals surface area contributed by atoms with Crippen molar-refractivity contribution in [3.8, 4) is 0 Å². The molecule has 0 aliphatic heterocycles. The average Bonchev–Trinajstić information content (AvgIpc) is 2.44. The van der Waals surface area contributed by atoms with Gasteiger partial charge in [0.1, 0.15) is 0 Å². The lowest BCUT2D eigenvalue weighted by Gasteiger charge is -2.27. The molecule has 0 aliphatic rings. The minimum Gasteiger partial charge on any atom is -0.330 e. The Balaban J connectivity index is 4.42. The quantitative estimate of drug-likeness (QED) is 0.572. The van der Waals surface area contributed by atoms with E-state index in [1.807, 2.05) is 6.92 Å². The number of nitrogens with zero attached hydrogens (tertiary/aromatic N) is 3. The lowest BCUT2D eigenvalue weighted by molar-refractivity contribution is 0.281. The van der Waals surface area contributed by atoms with Crippen LogP contribution in [0, 0.1) is 0 Å². The first kappa shape index (κ1) is 19.8. The maximum Gasteiger partial charge on any atom is 0.281 e. The van der Waals surface area contributed by atoms with Crippen molar-refractivity contribution in [1.82, 2.24) is 13.5 Å². The molecular weight excluding hydrogens is 276 g/mol. The van der Waals surface area contributed by atoms with Crippen LogP contribution in [0.1, 0.15) is 33.6 Å². The van der Waals surface area contributed by atoms with E-state index in [0.29, 0.717) is 32.6 Å². The molecule has 0 atom stereocenters. The maximum atomic E-state index is 12.4. The van der Waals surface area contributed by atoms with Crippen LogP contribution in [0.25, 0.3) is 0 Å². The second-order valence-corrected chi connectivity index (χ2v) is 6.88. The summed E-state index contributed by atoms with van der Waals surface area (Å²) in [6.45, 7) is 11.1. The van der Waals surface area contributed by atoms with Crippen LogP contribution in [0.2, 0.25) is 0 Å². The number of rotatable bonds is 12. The van der Waals surface area contributed by atoms with Crippen LogP contribution in [-0.2, 0) is 10.2 Å². The van der Waals surface area contributed by atoms with E-state index in [1.165, 1.54) is 4.31 Å². The summed E-state index contributed by atoms with van der Waals surface area (Å²) in [5.41, 5.74) is 5.43. The summed E-state index contributed by atoms with van der Waals surface area (Å²) < 4.78 is 27.7. The fourth-order valence-electron chi connectivity index (χ4n) is 2.07. The van der Waals surface area contributed by atoms with Gasteiger partial charge in [0.15, 0.2) is 0 Å². The fourth-order valence-corrected chi connectivity index (χ4v) is 3.51. The molecule has 0 heterocycles. The number of hydrogen-bond donors (Lipinski definition) is 1. The van der Waals surface area contributed by atoms with Crippen molar-refractivity contribution in [3.63, 3.8) is 0 Å². The van der Waals surface area contributed by atoms with Gasteiger partial charge in [-0.1, -0.05) is 20.8 Å². The monoisotopic (exact) mass is 308 g/mol. The smallest absolute Gasteiger partial charge is 0.281 e. The highest BCUT2D eigenvalue weighted by Crippen LogP contribution is 2.08. The van der Waals surface area contributed by atoms with Gasteiger partial charge in [-0.3, -0.25) is 0 Å². The summed E-state index contributed by atoms with van der Waals surface area (Å²) in [7, 11) is -1.72. The van der Waals surface area contributed by atoms with Gasteiger partial charge in [0.05, 0.1) is 0 Å². The first-order chi connectivity index (χ1) is 9.43. The second kappa shape index (κ2) is 10.5. The SMILES string of the molecule is CCN(CC)CCCN(CC)S(=O)(=O)N(C)CCCN. The van der Waals surface area contributed by atoms with E-state index in [4.69, 9.17) is 5.73 Å². The molecule has 0 bridgehead atoms. The number of nitrogens with two attached hydrogens (primary N) is 1. The van der Waals surface area contributed by atoms with Crippen molar-refractivity contribution in [3.05, 3.63) is 0 Å². The Morgan fingerprint density at radius 2 is 1.50 bits per heavy atom. The van der Waals surface area contributed by atoms with Gasteiger partial charge in [-0.05, 0) is 39.0 Å². The Labute approximate surface area is 125 Å². The van der Waals surface area contributed by atoms with E-state index in [9.17, 15) is 8.42 Å². The van der Waals surface area contributed by atoms with E-state index < -0.39 is 10.2 Å². The highest BCUT2D eigenvalue weighted by molar-refractivity contribution is 7.86. The summed E-state index contributed by atoms with van der Waals surface area (Å²) in [4.78, 5) is 2.30. The van der Waals surface area contributed by atoms with Gasteiger partial charge in [-0.15, -0.1) is 0 Å². The summed E-state index contributed by atoms with van der Waals surface area (Å²) in [6, 6.07) is 0. The first-order valence-corrected chi connectivity index (χ1v) is 8.97. The van der Waals surface area contributed by atoms with E-state index >= 15 is 0 Å². The summed E-state index contributed by atoms with van der Waals surface area (Å²) in [6.07, 6.45) is 1.55. The molecule has 0 aromatic carbocycles. The topological polar surface area (TPSA) is 69.9 Å². The van der Waals surface area contributed by atoms with Gasteiger partial charge in [-0.25, -0.2) is 0 Å². The third kappa shape index (κ3) is 6.49. The van der Waals surface area contributed by atoms with Crippen molar-refractivity contribution in [2.75, 3.05) is 52.9 Å². The van der Waals surface area contributed by atoms with Crippen molar-refractivity contribution in [1.29, 1.82) is 0 Å². The van der Waals surface area contributed by atoms with E-state index in [-0.39, 0.29) is 0 Å². The molecule has 7 heteroatoms. The van der Waals surface area contributed by atoms with Crippen LogP contribution in [0.4, 0.5) is 0 Å². The van der Waals surface area contributed by atoms with Gasteiger partial charge >= 0.3 is 0 Å². The normalized spacial score (nSPS) is 12.8. The molecule has 6 nitrogen and oxygen atoms in total. The Morgan fingerprint density at radius 1 is 0.900 bits per heavy atom. The molecular formula is C13H32N4O2S. The van der Waals surface area contributed by atoms with E-state index in [0.717, 1.165) is 26.1 Å². The lowest BCUT2D eigenvalue weighted by Crippen LogP contribution is -2.43. The summed E-state index contributed by atoms with van der Waals surface area (Å²) in [5.74, 6) is 0. The molecule has 0 unspecified atom stereocenters. The Kier molecular flexibility index (Phi) is 10.4. The molecule has 2 N–H and O–H groups in total. The van der Waals surface area contributed by atoms with Crippen LogP contribution in [0.15, 0.2) is 0 Å². The Bertz CT molecular complexity index is 331. The molecule has 0 aliphatic carbocycles. The van der Waals surface area contributed by atoms with Crippen LogP contribution in [0.3, 0.4) is 0 Å². The molecule has 0 radical (unpaired) electrons. The van der Waals surface area contributed by atoms with Crippen LogP contribution >= 0.6 is 0 Å². The largest absolute Gasteiger partial charge is 0.330 e. The predicted octanol–water partition coefficient (Wildman–Crippen LogP) is 0.566. The van der Waals surface area contributed by atoms with Crippen molar-refractivity contribution in [2.45, 2.75) is 33.6 Å². The van der Waals surface area contributed by atoms with Crippen molar-refractivity contribution < 1.29 is 8.42 Å². The van der Waals surface area contributed by atoms with Gasteiger partial charge in [0.25, 0.3) is 10.2 Å². The Hall–Kier alpha value is -0.210. The highest BCUT2D eigenvalue weighted by atomic mass is 32.2. The zero-order valence-corrected chi connectivity index (χ0v) is 14.3. The molecule has 122 valence electrons. The molecule has 0 rings (SSSR count). The Morgan fingerprint density at radius 3 is 1.95 bits per heavy atom. The molecule has 0 aromatic rings. The molecule has 0 spiro atoms. The molecule has 0 amide bonds. The van der Waals surface area contributed by atoms with Crippen LogP contribution in [-0.4, -0.2) is 74.8 Å². The van der Waals surface area contributed by atoms with Crippen LogP contribution in [0.5, 0.6) is 0 Å². The standard InChI is InChI=1S/C13H32N4O2S/c1-5-16(6-2)12-9-13-17(7-3)20(18,19)15(4)11-8-10-14/h5-14H2,1-4H3. The predicted molar refractivity (Wildman–Crippen MR) is 84.9 cm³/mol. The molecule has 0 saturated carbocycles. The van der Waals surface area contributed by atoms with Gasteiger partial charge in [-0.2, -0.15) is 17.0 Å². The van der Waals surface area contributed by atoms with Crippen molar-refractivity contribution in [2.24, 2.45) is 5.73 Å². The summed E-state index contributed by atoms with van der Waals surface area (Å²) in [5, 5.41) is 0. The molecule has 0 aromatic heterocycles. The molecule has 0 fully saturated rings. The third-order valence-corrected chi connectivity index (χ3v) is 5.59. The fraction of sp³-hybridized carbons (Fsp3) is 1.00. The van der Waals surface area contributed by atoms with Crippen molar-refractivity contribution >= 4 is 10.2 Å². The van der Waals surface area contributed by atoms with Gasteiger partial charge < -0.3 is 10.6 Å². The second-order valence-electron chi connectivity index (χ2n) is 4.84. The zero-order valence-electron chi connectivity index (χ0n) is 13.5. The molecule has 0 saturated heterocycles. The average molecular weight is 308 g/mol. The van der Waals surface area contributed by atoms with E-state index in [1.54, 1.807) is 11.4 Å². The van der Waals surface area contributed by atoms with Gasteiger partial charge in [0.2, 0.25) is 0 Å². The lowest BCUT2D eigenvalue weighted by atomic mass is 10.3. The maximum absolute atomic E-state index is 12.4.